The van der Waals surface area contributed by atoms with E-state index in [4.69, 9.17) is 19.0 Å². The van der Waals surface area contributed by atoms with Crippen molar-refractivity contribution in [1.82, 2.24) is 20.5 Å². The molecule has 0 spiro atoms. The lowest BCUT2D eigenvalue weighted by Crippen LogP contribution is -2.59. The van der Waals surface area contributed by atoms with Crippen molar-refractivity contribution < 1.29 is 37.8 Å². The second kappa shape index (κ2) is 19.0. The van der Waals surface area contributed by atoms with Crippen molar-refractivity contribution >= 4 is 37.4 Å². The third-order valence-corrected chi connectivity index (χ3v) is 16.6. The molecule has 0 radical (unpaired) electrons. The van der Waals surface area contributed by atoms with Crippen molar-refractivity contribution in [2.24, 2.45) is 5.41 Å². The zero-order valence-electron chi connectivity index (χ0n) is 34.5. The van der Waals surface area contributed by atoms with Gasteiger partial charge in [-0.2, -0.15) is 0 Å². The Labute approximate surface area is 332 Å². The molecule has 1 aromatic heterocycles. The lowest BCUT2D eigenvalue weighted by Gasteiger charge is -2.38. The summed E-state index contributed by atoms with van der Waals surface area (Å²) in [5.74, 6) is -0.840. The van der Waals surface area contributed by atoms with Crippen LogP contribution in [0.1, 0.15) is 104 Å². The van der Waals surface area contributed by atoms with E-state index in [-0.39, 0.29) is 49.6 Å². The van der Waals surface area contributed by atoms with Crippen LogP contribution in [0.2, 0.25) is 18.1 Å². The number of likely N-dealkylation sites (tertiary alicyclic amines) is 1. The number of halogens is 1. The van der Waals surface area contributed by atoms with Crippen LogP contribution >= 0.6 is 11.3 Å². The van der Waals surface area contributed by atoms with Gasteiger partial charge in [0.2, 0.25) is 11.8 Å². The van der Waals surface area contributed by atoms with Crippen molar-refractivity contribution in [2.45, 2.75) is 148 Å². The molecule has 1 saturated heterocycles. The van der Waals surface area contributed by atoms with Crippen LogP contribution < -0.4 is 15.4 Å². The summed E-state index contributed by atoms with van der Waals surface area (Å²) >= 11 is 1.56. The van der Waals surface area contributed by atoms with E-state index in [1.165, 1.54) is 4.90 Å². The molecule has 2 aromatic rings. The number of aliphatic hydroxyl groups is 1. The molecule has 11 nitrogen and oxygen atoms in total. The summed E-state index contributed by atoms with van der Waals surface area (Å²) < 4.78 is 33.3. The second-order valence-corrected chi connectivity index (χ2v) is 23.4. The van der Waals surface area contributed by atoms with E-state index >= 15 is 0 Å². The van der Waals surface area contributed by atoms with Crippen molar-refractivity contribution in [3.8, 4) is 16.2 Å². The summed E-state index contributed by atoms with van der Waals surface area (Å²) in [7, 11) is -2.27. The molecule has 4 rings (SSSR count). The van der Waals surface area contributed by atoms with Crippen molar-refractivity contribution in [3.05, 3.63) is 35.0 Å². The maximum atomic E-state index is 14.8. The van der Waals surface area contributed by atoms with E-state index in [1.807, 2.05) is 51.4 Å². The molecule has 1 aliphatic carbocycles. The van der Waals surface area contributed by atoms with Gasteiger partial charge in [-0.1, -0.05) is 72.9 Å². The number of hydrogen-bond donors (Lipinski definition) is 3. The Morgan fingerprint density at radius 2 is 1.73 bits per heavy atom. The molecule has 3 amide bonds. The van der Waals surface area contributed by atoms with E-state index in [1.54, 1.807) is 11.3 Å². The normalized spacial score (nSPS) is 18.9. The molecule has 2 aliphatic rings. The Morgan fingerprint density at radius 1 is 1.05 bits per heavy atom. The number of aliphatic hydroxyl groups excluding tert-OH is 1. The van der Waals surface area contributed by atoms with Gasteiger partial charge in [0.15, 0.2) is 14.0 Å². The summed E-state index contributed by atoms with van der Waals surface area (Å²) in [5, 5.41) is 14.6. The highest BCUT2D eigenvalue weighted by atomic mass is 32.1. The number of carbonyl (C=O) groups is 3. The minimum absolute atomic E-state index is 0.0418. The summed E-state index contributed by atoms with van der Waals surface area (Å²) in [4.78, 5) is 48.5. The highest BCUT2D eigenvalue weighted by molar-refractivity contribution is 7.13. The number of amides is 3. The first-order chi connectivity index (χ1) is 25.8. The average Bonchev–Trinajstić information content (AvgIpc) is 3.50. The van der Waals surface area contributed by atoms with Gasteiger partial charge in [-0.05, 0) is 67.8 Å². The smallest absolute Gasteiger partial charge is 0.258 e. The number of alkyl halides is 1. The standard InChI is InChI=1S/C41H65FN4O7SSi/c1-28-34(54-27-44-28)29-15-16-30(33(23-29)52-21-14-12-10-11-13-20-51-22-19-47)25-43-36(48)32-24-31(53-55(8,9)40(5,6)7)26-46(32)37(49)35(39(2,3)4)45-38(50)41(42)17-18-41/h15-16,23,27,31-32,35,47H,10-14,17-22,24-26H2,1-9H3,(H,43,48)(H,45,50)/t31?,32-,35+/m0/s1. The maximum absolute atomic E-state index is 14.8. The monoisotopic (exact) mass is 804 g/mol. The number of carbonyl (C=O) groups excluding carboxylic acids is 3. The van der Waals surface area contributed by atoms with Crippen molar-refractivity contribution in [3.63, 3.8) is 0 Å². The van der Waals surface area contributed by atoms with Gasteiger partial charge in [-0.25, -0.2) is 9.37 Å². The fraction of sp³-hybridized carbons (Fsp3) is 0.707. The number of rotatable bonds is 20. The largest absolute Gasteiger partial charge is 0.493 e. The molecule has 2 heterocycles. The summed E-state index contributed by atoms with van der Waals surface area (Å²) in [6.07, 6.45) is 5.15. The fourth-order valence-corrected chi connectivity index (χ4v) is 8.58. The second-order valence-electron chi connectivity index (χ2n) is 17.7. The molecular formula is C41H65FN4O7SSi. The first-order valence-corrected chi connectivity index (χ1v) is 23.7. The molecule has 1 saturated carbocycles. The Balaban J connectivity index is 1.50. The number of hydrogen-bond acceptors (Lipinski definition) is 9. The third-order valence-electron chi connectivity index (χ3n) is 11.1. The topological polar surface area (TPSA) is 139 Å². The van der Waals surface area contributed by atoms with Gasteiger partial charge in [0, 0.05) is 31.7 Å². The van der Waals surface area contributed by atoms with Crippen molar-refractivity contribution in [2.75, 3.05) is 33.0 Å². The molecule has 14 heteroatoms. The zero-order chi connectivity index (χ0) is 40.6. The lowest BCUT2D eigenvalue weighted by atomic mass is 9.85. The van der Waals surface area contributed by atoms with Gasteiger partial charge in [-0.3, -0.25) is 14.4 Å². The van der Waals surface area contributed by atoms with E-state index in [9.17, 15) is 18.8 Å². The lowest BCUT2D eigenvalue weighted by molar-refractivity contribution is -0.145. The van der Waals surface area contributed by atoms with Gasteiger partial charge in [0.1, 0.15) is 17.8 Å². The minimum atomic E-state index is -2.27. The molecule has 1 aromatic carbocycles. The number of thiazole rings is 1. The van der Waals surface area contributed by atoms with Gasteiger partial charge in [0.25, 0.3) is 5.91 Å². The van der Waals surface area contributed by atoms with Crippen LogP contribution in [0.15, 0.2) is 23.7 Å². The van der Waals surface area contributed by atoms with E-state index < -0.39 is 43.3 Å². The van der Waals surface area contributed by atoms with Gasteiger partial charge < -0.3 is 34.5 Å². The molecular weight excluding hydrogens is 740 g/mol. The molecule has 1 unspecified atom stereocenters. The van der Waals surface area contributed by atoms with Crippen LogP contribution in [0.25, 0.3) is 10.4 Å². The van der Waals surface area contributed by atoms with Crippen LogP contribution in [0, 0.1) is 12.3 Å². The number of nitrogens with one attached hydrogen (secondary N) is 2. The number of unbranched alkanes of at least 4 members (excludes halogenated alkanes) is 4. The number of aryl methyl sites for hydroxylation is 1. The first kappa shape index (κ1) is 44.8. The summed E-state index contributed by atoms with van der Waals surface area (Å²) in [6, 6.07) is 4.10. The summed E-state index contributed by atoms with van der Waals surface area (Å²) in [5.41, 5.74) is 1.87. The first-order valence-electron chi connectivity index (χ1n) is 19.9. The molecule has 308 valence electrons. The number of nitrogens with zero attached hydrogens (tertiary/aromatic N) is 2. The minimum Gasteiger partial charge on any atom is -0.493 e. The highest BCUT2D eigenvalue weighted by Gasteiger charge is 2.54. The third kappa shape index (κ3) is 12.3. The SMILES string of the molecule is Cc1ncsc1-c1ccc(CNC(=O)[C@@H]2CC(O[Si](C)(C)C(C)(C)C)CN2C(=O)[C@@H](NC(=O)C2(F)CC2)C(C)(C)C)c(OCCCCCCCOCCO)c1. The Morgan fingerprint density at radius 3 is 2.33 bits per heavy atom. The van der Waals surface area contributed by atoms with Crippen LogP contribution in [0.5, 0.6) is 5.75 Å². The predicted octanol–water partition coefficient (Wildman–Crippen LogP) is 7.10. The van der Waals surface area contributed by atoms with Crippen LogP contribution in [0.3, 0.4) is 0 Å². The molecule has 55 heavy (non-hydrogen) atoms. The highest BCUT2D eigenvalue weighted by Crippen LogP contribution is 2.41. The maximum Gasteiger partial charge on any atom is 0.258 e. The Kier molecular flexibility index (Phi) is 15.5. The molecule has 3 N–H and O–H groups in total. The van der Waals surface area contributed by atoms with Crippen LogP contribution in [-0.4, -0.2) is 97.9 Å². The van der Waals surface area contributed by atoms with E-state index in [0.29, 0.717) is 32.0 Å². The fourth-order valence-electron chi connectivity index (χ4n) is 6.42. The summed E-state index contributed by atoms with van der Waals surface area (Å²) in [6.45, 7) is 20.2. The molecule has 2 fully saturated rings. The van der Waals surface area contributed by atoms with Gasteiger partial charge in [0.05, 0.1) is 42.0 Å². The zero-order valence-corrected chi connectivity index (χ0v) is 36.3. The van der Waals surface area contributed by atoms with E-state index in [2.05, 4.69) is 49.5 Å². The number of aromatic nitrogens is 1. The van der Waals surface area contributed by atoms with Crippen LogP contribution in [-0.2, 0) is 30.1 Å². The van der Waals surface area contributed by atoms with Crippen molar-refractivity contribution in [1.29, 1.82) is 0 Å². The molecule has 1 aliphatic heterocycles. The van der Waals surface area contributed by atoms with E-state index in [0.717, 1.165) is 53.8 Å². The number of ether oxygens (including phenoxy) is 2. The predicted molar refractivity (Wildman–Crippen MR) is 217 cm³/mol. The van der Waals surface area contributed by atoms with Gasteiger partial charge >= 0.3 is 0 Å². The van der Waals surface area contributed by atoms with Gasteiger partial charge in [-0.15, -0.1) is 11.3 Å². The quantitative estimate of drug-likeness (QED) is 0.0953. The average molecular weight is 805 g/mol. The molecule has 0 bridgehead atoms. The number of benzene rings is 1. The Bertz CT molecular complexity index is 1600. The van der Waals surface area contributed by atoms with Crippen LogP contribution in [0.4, 0.5) is 4.39 Å². The Hall–Kier alpha value is -2.91. The molecule has 3 atom stereocenters.